The van der Waals surface area contributed by atoms with Crippen molar-refractivity contribution in [2.75, 3.05) is 46.1 Å². The Morgan fingerprint density at radius 2 is 1.92 bits per heavy atom. The average Bonchev–Trinajstić information content (AvgIpc) is 2.61. The van der Waals surface area contributed by atoms with E-state index in [4.69, 9.17) is 4.74 Å². The van der Waals surface area contributed by atoms with Crippen LogP contribution in [-0.2, 0) is 10.0 Å². The van der Waals surface area contributed by atoms with E-state index in [0.717, 1.165) is 31.1 Å². The molecule has 0 aromatic heterocycles. The number of nitrogens with one attached hydrogen (secondary N) is 2. The normalized spacial score (nSPS) is 17.3. The van der Waals surface area contributed by atoms with Gasteiger partial charge in [-0.25, -0.2) is 12.7 Å². The highest BCUT2D eigenvalue weighted by Crippen LogP contribution is 2.18. The fourth-order valence-electron chi connectivity index (χ4n) is 2.76. The van der Waals surface area contributed by atoms with E-state index in [1.165, 1.54) is 6.26 Å². The second kappa shape index (κ2) is 9.62. The van der Waals surface area contributed by atoms with E-state index in [-0.39, 0.29) is 0 Å². The van der Waals surface area contributed by atoms with Gasteiger partial charge in [-0.2, -0.15) is 0 Å². The van der Waals surface area contributed by atoms with Crippen LogP contribution < -0.4 is 15.4 Å². The van der Waals surface area contributed by atoms with Gasteiger partial charge in [0.2, 0.25) is 10.0 Å². The highest BCUT2D eigenvalue weighted by molar-refractivity contribution is 7.88. The van der Waals surface area contributed by atoms with Gasteiger partial charge in [0, 0.05) is 26.7 Å². The first kappa shape index (κ1) is 19.5. The first-order valence-electron chi connectivity index (χ1n) is 8.56. The van der Waals surface area contributed by atoms with Gasteiger partial charge in [0.05, 0.1) is 12.8 Å². The van der Waals surface area contributed by atoms with Crippen molar-refractivity contribution < 1.29 is 13.2 Å². The van der Waals surface area contributed by atoms with Gasteiger partial charge in [-0.05, 0) is 30.9 Å². The van der Waals surface area contributed by atoms with Gasteiger partial charge in [0.1, 0.15) is 12.4 Å². The van der Waals surface area contributed by atoms with E-state index < -0.39 is 10.0 Å². The molecule has 0 unspecified atom stereocenters. The molecular weight excluding hydrogens is 340 g/mol. The third kappa shape index (κ3) is 6.91. The minimum Gasteiger partial charge on any atom is -0.492 e. The number of aliphatic imine (C=N–C) groups is 1. The van der Waals surface area contributed by atoms with E-state index in [1.807, 2.05) is 30.3 Å². The zero-order valence-corrected chi connectivity index (χ0v) is 15.8. The van der Waals surface area contributed by atoms with Crippen LogP contribution in [0, 0.1) is 5.92 Å². The van der Waals surface area contributed by atoms with Crippen molar-refractivity contribution in [3.8, 4) is 5.75 Å². The summed E-state index contributed by atoms with van der Waals surface area (Å²) in [6.45, 7) is 3.19. The lowest BCUT2D eigenvalue weighted by atomic mass is 9.98. The molecule has 1 saturated heterocycles. The molecule has 7 nitrogen and oxygen atoms in total. The molecule has 2 rings (SSSR count). The summed E-state index contributed by atoms with van der Waals surface area (Å²) in [6.07, 6.45) is 3.01. The second-order valence-electron chi connectivity index (χ2n) is 6.15. The number of hydrogen-bond acceptors (Lipinski definition) is 4. The number of para-hydroxylation sites is 1. The summed E-state index contributed by atoms with van der Waals surface area (Å²) >= 11 is 0. The molecule has 0 saturated carbocycles. The van der Waals surface area contributed by atoms with Crippen molar-refractivity contribution >= 4 is 16.0 Å². The molecule has 0 atom stereocenters. The van der Waals surface area contributed by atoms with E-state index in [9.17, 15) is 8.42 Å². The molecule has 0 amide bonds. The number of sulfonamides is 1. The zero-order valence-electron chi connectivity index (χ0n) is 14.9. The molecule has 1 aromatic rings. The molecule has 0 spiro atoms. The van der Waals surface area contributed by atoms with Crippen molar-refractivity contribution in [3.05, 3.63) is 30.3 Å². The smallest absolute Gasteiger partial charge is 0.211 e. The molecule has 1 fully saturated rings. The Morgan fingerprint density at radius 3 is 2.52 bits per heavy atom. The fourth-order valence-corrected chi connectivity index (χ4v) is 3.64. The van der Waals surface area contributed by atoms with Crippen molar-refractivity contribution in [3.63, 3.8) is 0 Å². The number of rotatable bonds is 7. The summed E-state index contributed by atoms with van der Waals surface area (Å²) in [4.78, 5) is 4.20. The minimum absolute atomic E-state index is 0.456. The van der Waals surface area contributed by atoms with Crippen LogP contribution in [0.4, 0.5) is 0 Å². The van der Waals surface area contributed by atoms with E-state index in [1.54, 1.807) is 11.4 Å². The summed E-state index contributed by atoms with van der Waals surface area (Å²) in [7, 11) is -1.32. The third-order valence-corrected chi connectivity index (χ3v) is 5.53. The maximum absolute atomic E-state index is 11.5. The predicted octanol–water partition coefficient (Wildman–Crippen LogP) is 0.902. The Balaban J connectivity index is 1.62. The molecule has 1 aliphatic rings. The molecule has 0 bridgehead atoms. The van der Waals surface area contributed by atoms with Crippen molar-refractivity contribution in [2.24, 2.45) is 10.9 Å². The van der Waals surface area contributed by atoms with Crippen molar-refractivity contribution in [2.45, 2.75) is 12.8 Å². The molecule has 0 aliphatic carbocycles. The monoisotopic (exact) mass is 368 g/mol. The molecule has 0 radical (unpaired) electrons. The summed E-state index contributed by atoms with van der Waals surface area (Å²) in [6, 6.07) is 9.69. The lowest BCUT2D eigenvalue weighted by Crippen LogP contribution is -2.44. The molecule has 140 valence electrons. The quantitative estimate of drug-likeness (QED) is 0.424. The van der Waals surface area contributed by atoms with E-state index in [0.29, 0.717) is 32.2 Å². The van der Waals surface area contributed by atoms with E-state index in [2.05, 4.69) is 15.6 Å². The Morgan fingerprint density at radius 1 is 1.24 bits per heavy atom. The molecule has 1 aromatic carbocycles. The Bertz CT molecular complexity index is 641. The molecule has 1 aliphatic heterocycles. The number of piperidine rings is 1. The molecular formula is C17H28N4O3S. The van der Waals surface area contributed by atoms with Crippen LogP contribution >= 0.6 is 0 Å². The van der Waals surface area contributed by atoms with Crippen LogP contribution in [0.25, 0.3) is 0 Å². The molecule has 1 heterocycles. The summed E-state index contributed by atoms with van der Waals surface area (Å²) < 4.78 is 30.2. The first-order chi connectivity index (χ1) is 12.0. The maximum atomic E-state index is 11.5. The summed E-state index contributed by atoms with van der Waals surface area (Å²) in [5, 5.41) is 6.53. The second-order valence-corrected chi connectivity index (χ2v) is 8.13. The van der Waals surface area contributed by atoms with Crippen LogP contribution in [-0.4, -0.2) is 64.8 Å². The van der Waals surface area contributed by atoms with E-state index >= 15 is 0 Å². The minimum atomic E-state index is -3.06. The van der Waals surface area contributed by atoms with Crippen LogP contribution in [0.2, 0.25) is 0 Å². The van der Waals surface area contributed by atoms with Gasteiger partial charge in [-0.3, -0.25) is 4.99 Å². The summed E-state index contributed by atoms with van der Waals surface area (Å²) in [5.41, 5.74) is 0. The fraction of sp³-hybridized carbons (Fsp3) is 0.588. The van der Waals surface area contributed by atoms with Gasteiger partial charge >= 0.3 is 0 Å². The SMILES string of the molecule is CN=C(NCCOc1ccccc1)NCC1CCN(S(C)(=O)=O)CC1. The highest BCUT2D eigenvalue weighted by atomic mass is 32.2. The third-order valence-electron chi connectivity index (χ3n) is 4.23. The van der Waals surface area contributed by atoms with Gasteiger partial charge in [0.15, 0.2) is 5.96 Å². The van der Waals surface area contributed by atoms with Gasteiger partial charge in [-0.1, -0.05) is 18.2 Å². The van der Waals surface area contributed by atoms with Crippen LogP contribution in [0.1, 0.15) is 12.8 Å². The topological polar surface area (TPSA) is 83.0 Å². The molecule has 25 heavy (non-hydrogen) atoms. The van der Waals surface area contributed by atoms with Crippen molar-refractivity contribution in [1.82, 2.24) is 14.9 Å². The van der Waals surface area contributed by atoms with Crippen LogP contribution in [0.3, 0.4) is 0 Å². The largest absolute Gasteiger partial charge is 0.492 e. The lowest BCUT2D eigenvalue weighted by molar-refractivity contribution is 0.274. The number of hydrogen-bond donors (Lipinski definition) is 2. The lowest BCUT2D eigenvalue weighted by Gasteiger charge is -2.30. The Labute approximate surface area is 150 Å². The first-order valence-corrected chi connectivity index (χ1v) is 10.4. The standard InChI is InChI=1S/C17H28N4O3S/c1-18-17(19-10-13-24-16-6-4-3-5-7-16)20-14-15-8-11-21(12-9-15)25(2,22)23/h3-7,15H,8-14H2,1-2H3,(H2,18,19,20). The number of guanidine groups is 1. The van der Waals surface area contributed by atoms with Gasteiger partial charge < -0.3 is 15.4 Å². The van der Waals surface area contributed by atoms with Gasteiger partial charge in [0.25, 0.3) is 0 Å². The Hall–Kier alpha value is -1.80. The zero-order chi connectivity index (χ0) is 18.1. The van der Waals surface area contributed by atoms with Crippen LogP contribution in [0.5, 0.6) is 5.75 Å². The summed E-state index contributed by atoms with van der Waals surface area (Å²) in [5.74, 6) is 2.05. The number of benzene rings is 1. The number of nitrogens with zero attached hydrogens (tertiary/aromatic N) is 2. The maximum Gasteiger partial charge on any atom is 0.211 e. The Kier molecular flexibility index (Phi) is 7.52. The van der Waals surface area contributed by atoms with Crippen molar-refractivity contribution in [1.29, 1.82) is 0 Å². The predicted molar refractivity (Wildman–Crippen MR) is 100 cm³/mol. The average molecular weight is 369 g/mol. The number of ether oxygens (including phenoxy) is 1. The van der Waals surface area contributed by atoms with Crippen LogP contribution in [0.15, 0.2) is 35.3 Å². The van der Waals surface area contributed by atoms with Gasteiger partial charge in [-0.15, -0.1) is 0 Å². The highest BCUT2D eigenvalue weighted by Gasteiger charge is 2.24. The molecule has 2 N–H and O–H groups in total. The molecule has 8 heteroatoms.